The lowest BCUT2D eigenvalue weighted by molar-refractivity contribution is 0.287. The lowest BCUT2D eigenvalue weighted by atomic mass is 10.2. The molecule has 1 fully saturated rings. The minimum Gasteiger partial charge on any atom is -0.493 e. The third-order valence-corrected chi connectivity index (χ3v) is 5.25. The standard InChI is InChI=1S/C22H26N2O2.ClH/c1-4-25-19-8-6-5-7-18(19)14-26-20-11-12-23-21-15(2)16(3)24(22(20)21)13-17-9-10-17;/h5-8,11-12,17H,4,9-10,13-14H2,1-3H3;1H. The predicted octanol–water partition coefficient (Wildman–Crippen LogP) is 5.46. The molecule has 2 aromatic heterocycles. The Bertz CT molecular complexity index is 931. The number of para-hydroxylation sites is 1. The van der Waals surface area contributed by atoms with Crippen molar-refractivity contribution in [3.63, 3.8) is 0 Å². The van der Waals surface area contributed by atoms with Crippen molar-refractivity contribution < 1.29 is 9.47 Å². The van der Waals surface area contributed by atoms with Gasteiger partial charge in [0.15, 0.2) is 0 Å². The second-order valence-corrected chi connectivity index (χ2v) is 7.10. The summed E-state index contributed by atoms with van der Waals surface area (Å²) in [4.78, 5) is 4.63. The number of hydrogen-bond donors (Lipinski definition) is 0. The van der Waals surface area contributed by atoms with Gasteiger partial charge in [-0.05, 0) is 51.2 Å². The number of halogens is 1. The van der Waals surface area contributed by atoms with Gasteiger partial charge in [-0.2, -0.15) is 0 Å². The lowest BCUT2D eigenvalue weighted by Gasteiger charge is -2.14. The summed E-state index contributed by atoms with van der Waals surface area (Å²) >= 11 is 0. The highest BCUT2D eigenvalue weighted by Gasteiger charge is 2.25. The predicted molar refractivity (Wildman–Crippen MR) is 111 cm³/mol. The maximum atomic E-state index is 6.26. The van der Waals surface area contributed by atoms with E-state index in [1.54, 1.807) is 0 Å². The molecule has 0 atom stereocenters. The Balaban J connectivity index is 0.00000210. The average Bonchev–Trinajstić information content (AvgIpc) is 3.44. The fourth-order valence-electron chi connectivity index (χ4n) is 3.49. The SMILES string of the molecule is CCOc1ccccc1COc1ccnc2c(C)c(C)n(CC3CC3)c12.Cl. The number of rotatable bonds is 7. The van der Waals surface area contributed by atoms with Crippen LogP contribution in [0.25, 0.3) is 11.0 Å². The number of aryl methyl sites for hydroxylation is 1. The minimum absolute atomic E-state index is 0. The molecule has 3 aromatic rings. The molecule has 0 amide bonds. The molecule has 5 heteroatoms. The zero-order valence-corrected chi connectivity index (χ0v) is 17.0. The highest BCUT2D eigenvalue weighted by molar-refractivity contribution is 5.86. The van der Waals surface area contributed by atoms with Crippen molar-refractivity contribution in [2.45, 2.75) is 46.8 Å². The Labute approximate surface area is 166 Å². The van der Waals surface area contributed by atoms with E-state index in [1.807, 2.05) is 37.4 Å². The quantitative estimate of drug-likeness (QED) is 0.540. The first kappa shape index (κ1) is 19.6. The summed E-state index contributed by atoms with van der Waals surface area (Å²) in [6, 6.07) is 10.0. The molecule has 2 heterocycles. The van der Waals surface area contributed by atoms with E-state index >= 15 is 0 Å². The van der Waals surface area contributed by atoms with Gasteiger partial charge >= 0.3 is 0 Å². The molecular formula is C22H27ClN2O2. The van der Waals surface area contributed by atoms with Crippen LogP contribution in [-0.4, -0.2) is 16.2 Å². The second kappa shape index (κ2) is 8.22. The van der Waals surface area contributed by atoms with Crippen LogP contribution >= 0.6 is 12.4 Å². The summed E-state index contributed by atoms with van der Waals surface area (Å²) in [7, 11) is 0. The van der Waals surface area contributed by atoms with Crippen molar-refractivity contribution in [3.8, 4) is 11.5 Å². The monoisotopic (exact) mass is 386 g/mol. The maximum Gasteiger partial charge on any atom is 0.147 e. The van der Waals surface area contributed by atoms with Crippen LogP contribution in [0.3, 0.4) is 0 Å². The molecule has 4 nitrogen and oxygen atoms in total. The van der Waals surface area contributed by atoms with Crippen molar-refractivity contribution in [1.82, 2.24) is 9.55 Å². The van der Waals surface area contributed by atoms with Gasteiger partial charge in [0, 0.05) is 30.1 Å². The maximum absolute atomic E-state index is 6.26. The van der Waals surface area contributed by atoms with E-state index in [4.69, 9.17) is 9.47 Å². The first-order valence-corrected chi connectivity index (χ1v) is 9.47. The van der Waals surface area contributed by atoms with Crippen molar-refractivity contribution in [2.24, 2.45) is 5.92 Å². The molecule has 0 unspecified atom stereocenters. The van der Waals surface area contributed by atoms with E-state index in [1.165, 1.54) is 24.1 Å². The number of ether oxygens (including phenoxy) is 2. The van der Waals surface area contributed by atoms with Gasteiger partial charge in [0.05, 0.1) is 12.1 Å². The number of hydrogen-bond acceptors (Lipinski definition) is 3. The molecule has 0 aliphatic heterocycles. The van der Waals surface area contributed by atoms with Crippen molar-refractivity contribution in [1.29, 1.82) is 0 Å². The molecule has 1 saturated carbocycles. The summed E-state index contributed by atoms with van der Waals surface area (Å²) < 4.78 is 14.4. The smallest absolute Gasteiger partial charge is 0.147 e. The highest BCUT2D eigenvalue weighted by atomic mass is 35.5. The van der Waals surface area contributed by atoms with Crippen LogP contribution in [0.2, 0.25) is 0 Å². The number of benzene rings is 1. The number of fused-ring (bicyclic) bond motifs is 1. The van der Waals surface area contributed by atoms with E-state index < -0.39 is 0 Å². The van der Waals surface area contributed by atoms with Gasteiger partial charge in [-0.1, -0.05) is 18.2 Å². The Morgan fingerprint density at radius 2 is 1.85 bits per heavy atom. The summed E-state index contributed by atoms with van der Waals surface area (Å²) in [5.41, 5.74) is 5.79. The third-order valence-electron chi connectivity index (χ3n) is 5.25. The van der Waals surface area contributed by atoms with Crippen LogP contribution in [0.5, 0.6) is 11.5 Å². The Kier molecular flexibility index (Phi) is 5.95. The molecule has 144 valence electrons. The van der Waals surface area contributed by atoms with Gasteiger partial charge in [-0.3, -0.25) is 4.98 Å². The molecule has 0 N–H and O–H groups in total. The van der Waals surface area contributed by atoms with E-state index in [9.17, 15) is 0 Å². The molecule has 1 aliphatic carbocycles. The fourth-order valence-corrected chi connectivity index (χ4v) is 3.49. The second-order valence-electron chi connectivity index (χ2n) is 7.10. The van der Waals surface area contributed by atoms with E-state index in [0.29, 0.717) is 13.2 Å². The Hall–Kier alpha value is -2.20. The van der Waals surface area contributed by atoms with Gasteiger partial charge < -0.3 is 14.0 Å². The lowest BCUT2D eigenvalue weighted by Crippen LogP contribution is -2.05. The van der Waals surface area contributed by atoms with Crippen molar-refractivity contribution in [3.05, 3.63) is 53.3 Å². The summed E-state index contributed by atoms with van der Waals surface area (Å²) in [6.07, 6.45) is 4.51. The van der Waals surface area contributed by atoms with Gasteiger partial charge in [0.1, 0.15) is 23.6 Å². The van der Waals surface area contributed by atoms with Crippen molar-refractivity contribution >= 4 is 23.4 Å². The number of nitrogens with zero attached hydrogens (tertiary/aromatic N) is 2. The van der Waals surface area contributed by atoms with Crippen LogP contribution < -0.4 is 9.47 Å². The topological polar surface area (TPSA) is 36.3 Å². The zero-order chi connectivity index (χ0) is 18.1. The first-order valence-electron chi connectivity index (χ1n) is 9.47. The molecule has 4 rings (SSSR count). The first-order chi connectivity index (χ1) is 12.7. The normalized spacial score (nSPS) is 13.4. The molecule has 0 saturated heterocycles. The molecular weight excluding hydrogens is 360 g/mol. The van der Waals surface area contributed by atoms with Gasteiger partial charge in [0.25, 0.3) is 0 Å². The molecule has 0 bridgehead atoms. The van der Waals surface area contributed by atoms with Crippen LogP contribution in [-0.2, 0) is 13.2 Å². The Morgan fingerprint density at radius 3 is 2.59 bits per heavy atom. The fraction of sp³-hybridized carbons (Fsp3) is 0.409. The molecule has 1 aliphatic rings. The van der Waals surface area contributed by atoms with E-state index in [0.717, 1.165) is 40.6 Å². The molecule has 1 aromatic carbocycles. The van der Waals surface area contributed by atoms with Gasteiger partial charge in [0.2, 0.25) is 0 Å². The largest absolute Gasteiger partial charge is 0.493 e. The molecule has 27 heavy (non-hydrogen) atoms. The van der Waals surface area contributed by atoms with Crippen molar-refractivity contribution in [2.75, 3.05) is 6.61 Å². The summed E-state index contributed by atoms with van der Waals surface area (Å²) in [5, 5.41) is 0. The van der Waals surface area contributed by atoms with Crippen LogP contribution in [0.15, 0.2) is 36.5 Å². The Morgan fingerprint density at radius 1 is 1.07 bits per heavy atom. The zero-order valence-electron chi connectivity index (χ0n) is 16.2. The third kappa shape index (κ3) is 3.91. The summed E-state index contributed by atoms with van der Waals surface area (Å²) in [5.74, 6) is 2.59. The highest BCUT2D eigenvalue weighted by Crippen LogP contribution is 2.37. The van der Waals surface area contributed by atoms with Crippen LogP contribution in [0.1, 0.15) is 36.6 Å². The molecule has 0 spiro atoms. The van der Waals surface area contributed by atoms with Gasteiger partial charge in [-0.25, -0.2) is 0 Å². The van der Waals surface area contributed by atoms with Crippen LogP contribution in [0.4, 0.5) is 0 Å². The van der Waals surface area contributed by atoms with Crippen LogP contribution in [0, 0.1) is 19.8 Å². The van der Waals surface area contributed by atoms with E-state index in [2.05, 4.69) is 29.5 Å². The average molecular weight is 387 g/mol. The molecule has 0 radical (unpaired) electrons. The number of pyridine rings is 1. The van der Waals surface area contributed by atoms with Gasteiger partial charge in [-0.15, -0.1) is 12.4 Å². The number of aromatic nitrogens is 2. The minimum atomic E-state index is 0. The van der Waals surface area contributed by atoms with E-state index in [-0.39, 0.29) is 12.4 Å². The summed E-state index contributed by atoms with van der Waals surface area (Å²) in [6.45, 7) is 8.55.